The van der Waals surface area contributed by atoms with Gasteiger partial charge in [0.15, 0.2) is 5.11 Å². The second-order valence-corrected chi connectivity index (χ2v) is 7.48. The maximum Gasteiger partial charge on any atom is 0.228 e. The second kappa shape index (κ2) is 8.15. The van der Waals surface area contributed by atoms with Crippen molar-refractivity contribution in [2.24, 2.45) is 0 Å². The lowest BCUT2D eigenvalue weighted by Gasteiger charge is -2.34. The van der Waals surface area contributed by atoms with E-state index < -0.39 is 0 Å². The van der Waals surface area contributed by atoms with Gasteiger partial charge in [0.1, 0.15) is 11.0 Å². The molecule has 4 N–H and O–H groups in total. The first-order valence-corrected chi connectivity index (χ1v) is 9.87. The van der Waals surface area contributed by atoms with Gasteiger partial charge in [0.05, 0.1) is 11.7 Å². The van der Waals surface area contributed by atoms with Crippen LogP contribution in [0.5, 0.6) is 0 Å². The maximum atomic E-state index is 6.20. The summed E-state index contributed by atoms with van der Waals surface area (Å²) in [6.07, 6.45) is 3.95. The van der Waals surface area contributed by atoms with Gasteiger partial charge in [-0.25, -0.2) is 4.98 Å². The SMILES string of the molecule is CNC(=S)Nc1cc(Cl)nc(N2CCCC(Nc3ccc4[nH]ncc4c3)C2)n1. The number of anilines is 3. The van der Waals surface area contributed by atoms with Crippen LogP contribution in [0.4, 0.5) is 17.5 Å². The van der Waals surface area contributed by atoms with Gasteiger partial charge in [-0.2, -0.15) is 10.1 Å². The molecule has 1 fully saturated rings. The summed E-state index contributed by atoms with van der Waals surface area (Å²) < 4.78 is 0. The van der Waals surface area contributed by atoms with E-state index in [4.69, 9.17) is 23.8 Å². The number of fused-ring (bicyclic) bond motifs is 1. The highest BCUT2D eigenvalue weighted by atomic mass is 35.5. The van der Waals surface area contributed by atoms with Gasteiger partial charge in [0.25, 0.3) is 0 Å². The third kappa shape index (κ3) is 4.26. The van der Waals surface area contributed by atoms with Crippen LogP contribution in [-0.2, 0) is 0 Å². The molecule has 10 heteroatoms. The van der Waals surface area contributed by atoms with Gasteiger partial charge in [0.2, 0.25) is 5.95 Å². The van der Waals surface area contributed by atoms with Crippen molar-refractivity contribution in [3.63, 3.8) is 0 Å². The summed E-state index contributed by atoms with van der Waals surface area (Å²) in [7, 11) is 1.75. The Morgan fingerprint density at radius 1 is 1.32 bits per heavy atom. The smallest absolute Gasteiger partial charge is 0.228 e. The van der Waals surface area contributed by atoms with Crippen LogP contribution in [0.2, 0.25) is 5.15 Å². The Bertz CT molecular complexity index is 991. The Morgan fingerprint density at radius 2 is 2.21 bits per heavy atom. The third-order valence-electron chi connectivity index (χ3n) is 4.67. The van der Waals surface area contributed by atoms with E-state index in [1.807, 2.05) is 12.3 Å². The monoisotopic (exact) mass is 416 g/mol. The van der Waals surface area contributed by atoms with Gasteiger partial charge in [-0.05, 0) is 43.3 Å². The molecule has 0 saturated carbocycles. The number of aromatic nitrogens is 4. The van der Waals surface area contributed by atoms with E-state index in [0.29, 0.717) is 22.0 Å². The van der Waals surface area contributed by atoms with Gasteiger partial charge in [-0.15, -0.1) is 0 Å². The Labute approximate surface area is 173 Å². The predicted octanol–water partition coefficient (Wildman–Crippen LogP) is 3.00. The molecule has 146 valence electrons. The lowest BCUT2D eigenvalue weighted by atomic mass is 10.1. The van der Waals surface area contributed by atoms with Crippen LogP contribution in [0.3, 0.4) is 0 Å². The molecule has 1 aliphatic heterocycles. The van der Waals surface area contributed by atoms with Crippen molar-refractivity contribution >= 4 is 57.3 Å². The molecule has 1 aromatic carbocycles. The molecule has 1 saturated heterocycles. The summed E-state index contributed by atoms with van der Waals surface area (Å²) in [5.74, 6) is 1.18. The Hall–Kier alpha value is -2.65. The highest BCUT2D eigenvalue weighted by molar-refractivity contribution is 7.80. The van der Waals surface area contributed by atoms with Crippen molar-refractivity contribution < 1.29 is 0 Å². The number of nitrogens with zero attached hydrogens (tertiary/aromatic N) is 4. The molecule has 3 heterocycles. The molecule has 1 atom stereocenters. The van der Waals surface area contributed by atoms with Crippen LogP contribution in [-0.4, -0.2) is 51.5 Å². The van der Waals surface area contributed by atoms with Gasteiger partial charge < -0.3 is 20.9 Å². The van der Waals surface area contributed by atoms with Crippen LogP contribution in [0.15, 0.2) is 30.5 Å². The molecule has 4 rings (SSSR count). The summed E-state index contributed by atoms with van der Waals surface area (Å²) in [4.78, 5) is 11.1. The summed E-state index contributed by atoms with van der Waals surface area (Å²) >= 11 is 11.3. The first kappa shape index (κ1) is 18.7. The quantitative estimate of drug-likeness (QED) is 0.381. The molecule has 8 nitrogen and oxygen atoms in total. The molecule has 1 aliphatic rings. The van der Waals surface area contributed by atoms with Crippen molar-refractivity contribution in [3.05, 3.63) is 35.6 Å². The van der Waals surface area contributed by atoms with E-state index in [1.165, 1.54) is 0 Å². The molecule has 0 amide bonds. The van der Waals surface area contributed by atoms with E-state index in [0.717, 1.165) is 42.5 Å². The van der Waals surface area contributed by atoms with Crippen LogP contribution in [0.1, 0.15) is 12.8 Å². The molecular formula is C18H21ClN8S. The first-order valence-electron chi connectivity index (χ1n) is 9.08. The zero-order valence-electron chi connectivity index (χ0n) is 15.4. The molecule has 28 heavy (non-hydrogen) atoms. The minimum Gasteiger partial charge on any atom is -0.381 e. The molecule has 3 aromatic rings. The van der Waals surface area contributed by atoms with Crippen LogP contribution in [0.25, 0.3) is 10.9 Å². The van der Waals surface area contributed by atoms with Crippen molar-refractivity contribution in [3.8, 4) is 0 Å². The number of benzene rings is 1. The van der Waals surface area contributed by atoms with Crippen molar-refractivity contribution in [1.82, 2.24) is 25.5 Å². The fraction of sp³-hybridized carbons (Fsp3) is 0.333. The minimum absolute atomic E-state index is 0.287. The van der Waals surface area contributed by atoms with Gasteiger partial charge in [-0.3, -0.25) is 5.10 Å². The van der Waals surface area contributed by atoms with E-state index >= 15 is 0 Å². The zero-order chi connectivity index (χ0) is 19.5. The molecule has 0 radical (unpaired) electrons. The Kier molecular flexibility index (Phi) is 5.45. The van der Waals surface area contributed by atoms with Gasteiger partial charge in [0, 0.05) is 43.3 Å². The van der Waals surface area contributed by atoms with Crippen LogP contribution >= 0.6 is 23.8 Å². The van der Waals surface area contributed by atoms with E-state index in [2.05, 4.69) is 53.1 Å². The van der Waals surface area contributed by atoms with E-state index in [9.17, 15) is 0 Å². The highest BCUT2D eigenvalue weighted by Crippen LogP contribution is 2.24. The molecule has 2 aromatic heterocycles. The molecule has 0 aliphatic carbocycles. The fourth-order valence-corrected chi connectivity index (χ4v) is 3.62. The number of H-pyrrole nitrogens is 1. The number of rotatable bonds is 4. The van der Waals surface area contributed by atoms with Gasteiger partial charge >= 0.3 is 0 Å². The summed E-state index contributed by atoms with van der Waals surface area (Å²) in [5, 5.41) is 18.5. The standard InChI is InChI=1S/C18H21ClN8S/c1-20-18(28)25-16-8-15(19)23-17(24-16)27-6-2-3-13(10-27)22-12-4-5-14-11(7-12)9-21-26-14/h4-5,7-9,13,22H,2-3,6,10H2,1H3,(H,21,26)(H2,20,23,24,25,28). The number of thiocarbonyl (C=S) groups is 1. The van der Waals surface area contributed by atoms with Crippen molar-refractivity contribution in [2.45, 2.75) is 18.9 Å². The topological polar surface area (TPSA) is 93.8 Å². The van der Waals surface area contributed by atoms with Crippen LogP contribution in [0, 0.1) is 0 Å². The lowest BCUT2D eigenvalue weighted by Crippen LogP contribution is -2.43. The van der Waals surface area contributed by atoms with Crippen LogP contribution < -0.4 is 20.9 Å². The summed E-state index contributed by atoms with van der Waals surface area (Å²) in [6, 6.07) is 8.16. The lowest BCUT2D eigenvalue weighted by molar-refractivity contribution is 0.523. The number of piperidine rings is 1. The normalized spacial score (nSPS) is 16.8. The van der Waals surface area contributed by atoms with E-state index in [1.54, 1.807) is 13.1 Å². The average Bonchev–Trinajstić information content (AvgIpc) is 3.15. The van der Waals surface area contributed by atoms with Crippen molar-refractivity contribution in [2.75, 3.05) is 35.7 Å². The molecule has 0 bridgehead atoms. The van der Waals surface area contributed by atoms with E-state index in [-0.39, 0.29) is 6.04 Å². The zero-order valence-corrected chi connectivity index (χ0v) is 16.9. The third-order valence-corrected chi connectivity index (χ3v) is 5.17. The van der Waals surface area contributed by atoms with Gasteiger partial charge in [-0.1, -0.05) is 11.6 Å². The second-order valence-electron chi connectivity index (χ2n) is 6.68. The number of hydrogen-bond donors (Lipinski definition) is 4. The summed E-state index contributed by atoms with van der Waals surface area (Å²) in [5.41, 5.74) is 2.11. The maximum absolute atomic E-state index is 6.20. The highest BCUT2D eigenvalue weighted by Gasteiger charge is 2.22. The number of aromatic amines is 1. The largest absolute Gasteiger partial charge is 0.381 e. The predicted molar refractivity (Wildman–Crippen MR) is 117 cm³/mol. The first-order chi connectivity index (χ1) is 13.6. The summed E-state index contributed by atoms with van der Waals surface area (Å²) in [6.45, 7) is 1.68. The van der Waals surface area contributed by atoms with Crippen molar-refractivity contribution in [1.29, 1.82) is 0 Å². The molecule has 0 spiro atoms. The number of hydrogen-bond acceptors (Lipinski definition) is 6. The number of halogens is 1. The minimum atomic E-state index is 0.287. The number of nitrogens with one attached hydrogen (secondary N) is 4. The molecular weight excluding hydrogens is 396 g/mol. The Balaban J connectivity index is 1.48. The average molecular weight is 417 g/mol. The Morgan fingerprint density at radius 3 is 3.07 bits per heavy atom. The molecule has 1 unspecified atom stereocenters. The fourth-order valence-electron chi connectivity index (χ4n) is 3.33.